The van der Waals surface area contributed by atoms with E-state index in [0.717, 1.165) is 17.6 Å². The molecular weight excluding hydrogens is 223 g/mol. The van der Waals surface area contributed by atoms with E-state index in [-0.39, 0.29) is 18.9 Å². The van der Waals surface area contributed by atoms with Gasteiger partial charge >= 0.3 is 18.9 Å². The van der Waals surface area contributed by atoms with Crippen LogP contribution in [0.25, 0.3) is 4.83 Å². The molecule has 0 amide bonds. The predicted molar refractivity (Wildman–Crippen MR) is 58.8 cm³/mol. The molecule has 0 N–H and O–H groups in total. The SMILES string of the molecule is COc1ccc(/C=N/[N-]S(C)(=O)=O)cc1.[Li+]. The van der Waals surface area contributed by atoms with Gasteiger partial charge in [-0.15, -0.1) is 0 Å². The van der Waals surface area contributed by atoms with Crippen LogP contribution in [0.15, 0.2) is 29.4 Å². The molecule has 0 heterocycles. The summed E-state index contributed by atoms with van der Waals surface area (Å²) in [7, 11) is -1.83. The van der Waals surface area contributed by atoms with Crippen LogP contribution in [-0.2, 0) is 10.0 Å². The second-order valence-electron chi connectivity index (χ2n) is 2.83. The molecule has 5 nitrogen and oxygen atoms in total. The van der Waals surface area contributed by atoms with Crippen molar-refractivity contribution in [3.63, 3.8) is 0 Å². The van der Waals surface area contributed by atoms with Gasteiger partial charge in [-0.3, -0.25) is 0 Å². The van der Waals surface area contributed by atoms with Crippen LogP contribution in [0, 0.1) is 0 Å². The summed E-state index contributed by atoms with van der Waals surface area (Å²) in [5.41, 5.74) is 0.753. The molecule has 0 saturated heterocycles. The molecule has 1 aromatic carbocycles. The van der Waals surface area contributed by atoms with E-state index in [1.54, 1.807) is 31.4 Å². The Kier molecular flexibility index (Phi) is 6.19. The number of hydrogen-bond acceptors (Lipinski definition) is 4. The first kappa shape index (κ1) is 15.0. The van der Waals surface area contributed by atoms with Gasteiger partial charge in [-0.2, -0.15) is 0 Å². The Hall–Kier alpha value is -0.963. The van der Waals surface area contributed by atoms with Crippen molar-refractivity contribution in [1.29, 1.82) is 0 Å². The summed E-state index contributed by atoms with van der Waals surface area (Å²) in [6.45, 7) is 0. The van der Waals surface area contributed by atoms with E-state index < -0.39 is 10.0 Å². The maximum Gasteiger partial charge on any atom is 1.00 e. The van der Waals surface area contributed by atoms with E-state index in [1.165, 1.54) is 6.21 Å². The monoisotopic (exact) mass is 234 g/mol. The normalized spacial score (nSPS) is 10.9. The average molecular weight is 234 g/mol. The molecule has 82 valence electrons. The second kappa shape index (κ2) is 6.58. The average Bonchev–Trinajstić information content (AvgIpc) is 2.17. The zero-order valence-corrected chi connectivity index (χ0v) is 10.2. The number of rotatable bonds is 4. The summed E-state index contributed by atoms with van der Waals surface area (Å²) in [6.07, 6.45) is 2.35. The van der Waals surface area contributed by atoms with Crippen LogP contribution in [0.2, 0.25) is 0 Å². The number of nitrogens with zero attached hydrogens (tertiary/aromatic N) is 2. The van der Waals surface area contributed by atoms with Crippen molar-refractivity contribution in [3.8, 4) is 5.75 Å². The molecule has 0 spiro atoms. The largest absolute Gasteiger partial charge is 1.00 e. The van der Waals surface area contributed by atoms with Crippen molar-refractivity contribution in [1.82, 2.24) is 0 Å². The Labute approximate surface area is 107 Å². The Morgan fingerprint density at radius 2 is 1.88 bits per heavy atom. The molecule has 0 bridgehead atoms. The summed E-state index contributed by atoms with van der Waals surface area (Å²) < 4.78 is 26.2. The second-order valence-corrected chi connectivity index (χ2v) is 4.46. The fraction of sp³-hybridized carbons (Fsp3) is 0.222. The summed E-state index contributed by atoms with van der Waals surface area (Å²) >= 11 is 0. The molecule has 0 aliphatic rings. The van der Waals surface area contributed by atoms with Crippen molar-refractivity contribution in [2.24, 2.45) is 5.10 Å². The van der Waals surface area contributed by atoms with E-state index in [0.29, 0.717) is 0 Å². The smallest absolute Gasteiger partial charge is 0.497 e. The molecule has 0 unspecified atom stereocenters. The van der Waals surface area contributed by atoms with Crippen molar-refractivity contribution >= 4 is 16.2 Å². The first-order valence-electron chi connectivity index (χ1n) is 4.10. The van der Waals surface area contributed by atoms with Crippen molar-refractivity contribution in [2.45, 2.75) is 0 Å². The minimum atomic E-state index is -3.40. The summed E-state index contributed by atoms with van der Waals surface area (Å²) in [6, 6.07) is 7.00. The number of hydrogen-bond donors (Lipinski definition) is 0. The number of ether oxygens (including phenoxy) is 1. The number of methoxy groups -OCH3 is 1. The molecule has 0 fully saturated rings. The van der Waals surface area contributed by atoms with E-state index >= 15 is 0 Å². The van der Waals surface area contributed by atoms with Crippen LogP contribution in [0.1, 0.15) is 5.56 Å². The summed E-state index contributed by atoms with van der Waals surface area (Å²) in [4.78, 5) is 3.10. The van der Waals surface area contributed by atoms with Crippen LogP contribution in [0.5, 0.6) is 5.75 Å². The summed E-state index contributed by atoms with van der Waals surface area (Å²) in [5.74, 6) is 0.729. The van der Waals surface area contributed by atoms with Crippen LogP contribution >= 0.6 is 0 Å². The van der Waals surface area contributed by atoms with Gasteiger partial charge in [0.2, 0.25) is 0 Å². The van der Waals surface area contributed by atoms with Gasteiger partial charge in [0.15, 0.2) is 0 Å². The third-order valence-corrected chi connectivity index (χ3v) is 1.91. The van der Waals surface area contributed by atoms with Gasteiger partial charge in [0.05, 0.1) is 7.11 Å². The molecule has 1 rings (SSSR count). The molecule has 7 heteroatoms. The maximum absolute atomic E-state index is 10.6. The molecule has 0 radical (unpaired) electrons. The maximum atomic E-state index is 10.6. The zero-order valence-electron chi connectivity index (χ0n) is 9.41. The van der Waals surface area contributed by atoms with Gasteiger partial charge < -0.3 is 14.7 Å². The molecule has 16 heavy (non-hydrogen) atoms. The van der Waals surface area contributed by atoms with E-state index in [1.807, 2.05) is 0 Å². The predicted octanol–water partition coefficient (Wildman–Crippen LogP) is -1.63. The van der Waals surface area contributed by atoms with Crippen LogP contribution in [0.3, 0.4) is 0 Å². The standard InChI is InChI=1S/C9H11N2O3S.Li/c1-14-9-5-3-8(4-6-9)7-10-11-15(2,12)13;/h3-7H,1-2H3;/q-1;+1/b10-7+;. The first-order valence-corrected chi connectivity index (χ1v) is 5.95. The Morgan fingerprint density at radius 3 is 2.31 bits per heavy atom. The van der Waals surface area contributed by atoms with Crippen LogP contribution in [-0.4, -0.2) is 28.0 Å². The molecule has 0 atom stereocenters. The minimum Gasteiger partial charge on any atom is -0.497 e. The molecular formula is C9H11LiN2O3S. The molecule has 0 aliphatic carbocycles. The molecule has 1 aromatic rings. The van der Waals surface area contributed by atoms with Gasteiger partial charge in [-0.05, 0) is 29.8 Å². The molecule has 0 aliphatic heterocycles. The number of benzene rings is 1. The quantitative estimate of drug-likeness (QED) is 0.356. The third-order valence-electron chi connectivity index (χ3n) is 1.52. The topological polar surface area (TPSA) is 69.8 Å². The van der Waals surface area contributed by atoms with E-state index in [2.05, 4.69) is 9.93 Å². The van der Waals surface area contributed by atoms with E-state index in [4.69, 9.17) is 4.74 Å². The van der Waals surface area contributed by atoms with Crippen molar-refractivity contribution < 1.29 is 32.0 Å². The van der Waals surface area contributed by atoms with Crippen molar-refractivity contribution in [3.05, 3.63) is 34.7 Å². The fourth-order valence-corrected chi connectivity index (χ4v) is 1.08. The Balaban J connectivity index is 0.00000225. The fourth-order valence-electron chi connectivity index (χ4n) is 0.866. The Morgan fingerprint density at radius 1 is 1.31 bits per heavy atom. The van der Waals surface area contributed by atoms with Gasteiger partial charge in [-0.1, -0.05) is 0 Å². The van der Waals surface area contributed by atoms with Gasteiger partial charge in [-0.25, -0.2) is 8.42 Å². The third kappa shape index (κ3) is 5.81. The zero-order chi connectivity index (χ0) is 11.3. The van der Waals surface area contributed by atoms with Gasteiger partial charge in [0, 0.05) is 12.5 Å². The number of sulfonamides is 1. The summed E-state index contributed by atoms with van der Waals surface area (Å²) in [5, 5.41) is 3.44. The van der Waals surface area contributed by atoms with Crippen molar-refractivity contribution in [2.75, 3.05) is 13.4 Å². The minimum absolute atomic E-state index is 0. The molecule has 0 aromatic heterocycles. The first-order chi connectivity index (χ1) is 7.01. The molecule has 0 saturated carbocycles. The van der Waals surface area contributed by atoms with Crippen LogP contribution < -0.4 is 23.6 Å². The Bertz CT molecular complexity index is 442. The van der Waals surface area contributed by atoms with E-state index in [9.17, 15) is 8.42 Å². The van der Waals surface area contributed by atoms with Gasteiger partial charge in [0.1, 0.15) is 15.8 Å². The van der Waals surface area contributed by atoms with Gasteiger partial charge in [0.25, 0.3) is 0 Å². The van der Waals surface area contributed by atoms with Crippen LogP contribution in [0.4, 0.5) is 0 Å².